The Morgan fingerprint density at radius 1 is 1.41 bits per heavy atom. The molecule has 7 heteroatoms. The minimum absolute atomic E-state index is 0.252. The predicted octanol–water partition coefficient (Wildman–Crippen LogP) is 0.140. The van der Waals surface area contributed by atoms with E-state index in [-0.39, 0.29) is 11.6 Å². The zero-order valence-corrected chi connectivity index (χ0v) is 8.87. The third-order valence-corrected chi connectivity index (χ3v) is 2.35. The van der Waals surface area contributed by atoms with Crippen molar-refractivity contribution in [1.29, 1.82) is 0 Å². The van der Waals surface area contributed by atoms with Gasteiger partial charge < -0.3 is 10.8 Å². The fraction of sp³-hybridized carbons (Fsp3) is 0.200. The second-order valence-electron chi connectivity index (χ2n) is 3.58. The Morgan fingerprint density at radius 3 is 2.65 bits per heavy atom. The maximum Gasteiger partial charge on any atom is 0.335 e. The molecule has 0 saturated heterocycles. The van der Waals surface area contributed by atoms with E-state index in [1.165, 1.54) is 0 Å². The van der Waals surface area contributed by atoms with Crippen LogP contribution in [0.15, 0.2) is 24.3 Å². The van der Waals surface area contributed by atoms with E-state index in [1.54, 1.807) is 24.3 Å². The number of rotatable bonds is 4. The first kappa shape index (κ1) is 11.2. The molecule has 2 rings (SSSR count). The third-order valence-electron chi connectivity index (χ3n) is 2.35. The molecule has 0 bridgehead atoms. The van der Waals surface area contributed by atoms with E-state index in [1.807, 2.05) is 0 Å². The van der Waals surface area contributed by atoms with Crippen LogP contribution < -0.4 is 5.73 Å². The van der Waals surface area contributed by atoms with Crippen molar-refractivity contribution in [2.24, 2.45) is 5.73 Å². The summed E-state index contributed by atoms with van der Waals surface area (Å²) < 4.78 is 0. The molecule has 1 heterocycles. The SMILES string of the molecule is NC(Cc1ccc(C(=O)O)cc1)c1nn[nH]n1. The summed E-state index contributed by atoms with van der Waals surface area (Å²) in [5.41, 5.74) is 7.04. The Labute approximate surface area is 96.7 Å². The normalized spacial score (nSPS) is 12.3. The van der Waals surface area contributed by atoms with Crippen LogP contribution in [-0.2, 0) is 6.42 Å². The van der Waals surface area contributed by atoms with Gasteiger partial charge in [0.2, 0.25) is 0 Å². The second-order valence-corrected chi connectivity index (χ2v) is 3.58. The highest BCUT2D eigenvalue weighted by Gasteiger charge is 2.11. The Hall–Kier alpha value is -2.28. The predicted molar refractivity (Wildman–Crippen MR) is 58.2 cm³/mol. The Kier molecular flexibility index (Phi) is 3.10. The minimum Gasteiger partial charge on any atom is -0.478 e. The molecule has 0 radical (unpaired) electrons. The lowest BCUT2D eigenvalue weighted by atomic mass is 10.0. The number of benzene rings is 1. The van der Waals surface area contributed by atoms with Gasteiger partial charge in [-0.3, -0.25) is 0 Å². The summed E-state index contributed by atoms with van der Waals surface area (Å²) in [6.45, 7) is 0. The number of nitrogens with two attached hydrogens (primary N) is 1. The number of tetrazole rings is 1. The van der Waals surface area contributed by atoms with Gasteiger partial charge in [-0.05, 0) is 24.1 Å². The standard InChI is InChI=1S/C10H11N5O2/c11-8(9-12-14-15-13-9)5-6-1-3-7(4-2-6)10(16)17/h1-4,8H,5,11H2,(H,16,17)(H,12,13,14,15). The molecule has 0 spiro atoms. The number of hydrogen-bond acceptors (Lipinski definition) is 5. The van der Waals surface area contributed by atoms with Gasteiger partial charge in [-0.1, -0.05) is 17.3 Å². The number of nitrogens with one attached hydrogen (secondary N) is 1. The number of H-pyrrole nitrogens is 1. The molecule has 1 atom stereocenters. The van der Waals surface area contributed by atoms with Gasteiger partial charge in [0.25, 0.3) is 0 Å². The van der Waals surface area contributed by atoms with E-state index in [0.29, 0.717) is 12.2 Å². The smallest absolute Gasteiger partial charge is 0.335 e. The van der Waals surface area contributed by atoms with Crippen molar-refractivity contribution in [2.45, 2.75) is 12.5 Å². The number of carboxylic acid groups (broad SMARTS) is 1. The van der Waals surface area contributed by atoms with Crippen molar-refractivity contribution in [3.05, 3.63) is 41.2 Å². The summed E-state index contributed by atoms with van der Waals surface area (Å²) >= 11 is 0. The first-order valence-corrected chi connectivity index (χ1v) is 4.98. The van der Waals surface area contributed by atoms with Crippen molar-refractivity contribution >= 4 is 5.97 Å². The number of aromatic carboxylic acids is 1. The lowest BCUT2D eigenvalue weighted by Crippen LogP contribution is -2.15. The Balaban J connectivity index is 2.06. The van der Waals surface area contributed by atoms with Crippen molar-refractivity contribution in [2.75, 3.05) is 0 Å². The summed E-state index contributed by atoms with van der Waals surface area (Å²) in [6.07, 6.45) is 0.527. The van der Waals surface area contributed by atoms with Gasteiger partial charge in [0.15, 0.2) is 5.82 Å². The number of aromatic nitrogens is 4. The van der Waals surface area contributed by atoms with Crippen LogP contribution in [0.4, 0.5) is 0 Å². The zero-order chi connectivity index (χ0) is 12.3. The number of aromatic amines is 1. The fourth-order valence-corrected chi connectivity index (χ4v) is 1.46. The third kappa shape index (κ3) is 2.64. The van der Waals surface area contributed by atoms with Crippen LogP contribution in [0, 0.1) is 0 Å². The summed E-state index contributed by atoms with van der Waals surface area (Å²) in [4.78, 5) is 10.7. The second kappa shape index (κ2) is 4.71. The number of carboxylic acids is 1. The summed E-state index contributed by atoms with van der Waals surface area (Å²) in [5.74, 6) is -0.508. The van der Waals surface area contributed by atoms with Crippen molar-refractivity contribution in [3.8, 4) is 0 Å². The molecule has 1 aromatic heterocycles. The molecule has 0 aliphatic heterocycles. The highest BCUT2D eigenvalue weighted by atomic mass is 16.4. The molecule has 1 unspecified atom stereocenters. The van der Waals surface area contributed by atoms with Crippen LogP contribution in [0.2, 0.25) is 0 Å². The van der Waals surface area contributed by atoms with Gasteiger partial charge in [-0.2, -0.15) is 5.21 Å². The first-order valence-electron chi connectivity index (χ1n) is 4.98. The van der Waals surface area contributed by atoms with Gasteiger partial charge in [0.1, 0.15) is 0 Å². The average molecular weight is 233 g/mol. The largest absolute Gasteiger partial charge is 0.478 e. The molecule has 0 fully saturated rings. The number of carbonyl (C=O) groups is 1. The van der Waals surface area contributed by atoms with E-state index in [0.717, 1.165) is 5.56 Å². The number of nitrogens with zero attached hydrogens (tertiary/aromatic N) is 3. The van der Waals surface area contributed by atoms with Crippen molar-refractivity contribution in [1.82, 2.24) is 20.6 Å². The number of hydrogen-bond donors (Lipinski definition) is 3. The first-order chi connectivity index (χ1) is 8.16. The van der Waals surface area contributed by atoms with Gasteiger partial charge in [0.05, 0.1) is 11.6 Å². The van der Waals surface area contributed by atoms with Gasteiger partial charge in [-0.25, -0.2) is 4.79 Å². The van der Waals surface area contributed by atoms with E-state index in [2.05, 4.69) is 20.6 Å². The molecule has 17 heavy (non-hydrogen) atoms. The lowest BCUT2D eigenvalue weighted by molar-refractivity contribution is 0.0697. The highest BCUT2D eigenvalue weighted by Crippen LogP contribution is 2.12. The Bertz CT molecular complexity index is 494. The van der Waals surface area contributed by atoms with E-state index in [4.69, 9.17) is 10.8 Å². The molecule has 4 N–H and O–H groups in total. The quantitative estimate of drug-likeness (QED) is 0.691. The lowest BCUT2D eigenvalue weighted by Gasteiger charge is -2.06. The average Bonchev–Trinajstić information content (AvgIpc) is 2.83. The van der Waals surface area contributed by atoms with Crippen molar-refractivity contribution in [3.63, 3.8) is 0 Å². The monoisotopic (exact) mass is 233 g/mol. The molecule has 0 amide bonds. The van der Waals surface area contributed by atoms with E-state index in [9.17, 15) is 4.79 Å². The van der Waals surface area contributed by atoms with Gasteiger partial charge >= 0.3 is 5.97 Å². The molecule has 2 aromatic rings. The molecule has 1 aromatic carbocycles. The molecule has 0 saturated carbocycles. The molecule has 88 valence electrons. The fourth-order valence-electron chi connectivity index (χ4n) is 1.46. The molecule has 0 aliphatic carbocycles. The maximum atomic E-state index is 10.7. The van der Waals surface area contributed by atoms with E-state index < -0.39 is 5.97 Å². The van der Waals surface area contributed by atoms with Crippen LogP contribution in [-0.4, -0.2) is 31.7 Å². The van der Waals surface area contributed by atoms with Crippen LogP contribution in [0.5, 0.6) is 0 Å². The van der Waals surface area contributed by atoms with Crippen LogP contribution in [0.3, 0.4) is 0 Å². The highest BCUT2D eigenvalue weighted by molar-refractivity contribution is 5.87. The van der Waals surface area contributed by atoms with Crippen molar-refractivity contribution < 1.29 is 9.90 Å². The van der Waals surface area contributed by atoms with E-state index >= 15 is 0 Å². The summed E-state index contributed by atoms with van der Waals surface area (Å²) in [7, 11) is 0. The van der Waals surface area contributed by atoms with Crippen LogP contribution in [0.1, 0.15) is 27.8 Å². The Morgan fingerprint density at radius 2 is 2.12 bits per heavy atom. The molecular weight excluding hydrogens is 222 g/mol. The maximum absolute atomic E-state index is 10.7. The zero-order valence-electron chi connectivity index (χ0n) is 8.87. The summed E-state index contributed by atoms with van der Waals surface area (Å²) in [6, 6.07) is 6.18. The van der Waals surface area contributed by atoms with Crippen LogP contribution >= 0.6 is 0 Å². The minimum atomic E-state index is -0.945. The topological polar surface area (TPSA) is 118 Å². The molecular formula is C10H11N5O2. The molecule has 0 aliphatic rings. The van der Waals surface area contributed by atoms with Crippen LogP contribution in [0.25, 0.3) is 0 Å². The summed E-state index contributed by atoms with van der Waals surface area (Å²) in [5, 5.41) is 22.1. The van der Waals surface area contributed by atoms with Gasteiger partial charge in [0, 0.05) is 0 Å². The van der Waals surface area contributed by atoms with Gasteiger partial charge in [-0.15, -0.1) is 10.2 Å². The molecule has 7 nitrogen and oxygen atoms in total.